The Morgan fingerprint density at radius 3 is 2.57 bits per heavy atom. The Bertz CT molecular complexity index is 301. The van der Waals surface area contributed by atoms with Crippen LogP contribution >= 0.6 is 0 Å². The molecule has 1 rings (SSSR count). The van der Waals surface area contributed by atoms with E-state index in [0.717, 1.165) is 0 Å². The molecule has 2 atom stereocenters. The smallest absolute Gasteiger partial charge is 0.129 e. The van der Waals surface area contributed by atoms with Gasteiger partial charge in [-0.05, 0) is 12.0 Å². The summed E-state index contributed by atoms with van der Waals surface area (Å²) in [7, 11) is 0. The number of nitrogens with zero attached hydrogens (tertiary/aromatic N) is 1. The number of aliphatic hydroxyl groups excluding tert-OH is 1. The second kappa shape index (κ2) is 4.39. The Morgan fingerprint density at radius 1 is 1.43 bits per heavy atom. The summed E-state index contributed by atoms with van der Waals surface area (Å²) in [6.45, 7) is 3.92. The van der Waals surface area contributed by atoms with E-state index in [1.807, 2.05) is 13.8 Å². The third kappa shape index (κ3) is 2.21. The van der Waals surface area contributed by atoms with Crippen molar-refractivity contribution in [1.82, 2.24) is 4.98 Å². The maximum absolute atomic E-state index is 9.90. The normalized spacial score (nSPS) is 15.5. The minimum absolute atomic E-state index is 0.199. The van der Waals surface area contributed by atoms with Crippen molar-refractivity contribution in [2.75, 3.05) is 5.73 Å². The Kier molecular flexibility index (Phi) is 3.43. The average Bonchev–Trinajstić information content (AvgIpc) is 2.16. The zero-order valence-corrected chi connectivity index (χ0v) is 8.51. The number of nitrogen functional groups attached to an aromatic ring is 1. The van der Waals surface area contributed by atoms with E-state index in [1.54, 1.807) is 18.3 Å². The van der Waals surface area contributed by atoms with E-state index < -0.39 is 6.10 Å². The number of hydrogen-bond acceptors (Lipinski definition) is 4. The predicted octanol–water partition coefficient (Wildman–Crippen LogP) is 0.680. The van der Waals surface area contributed by atoms with Crippen LogP contribution in [0.4, 0.5) is 5.82 Å². The lowest BCUT2D eigenvalue weighted by Crippen LogP contribution is -2.33. The summed E-state index contributed by atoms with van der Waals surface area (Å²) < 4.78 is 0. The van der Waals surface area contributed by atoms with Gasteiger partial charge in [0.2, 0.25) is 0 Å². The number of aliphatic hydroxyl groups is 1. The van der Waals surface area contributed by atoms with Crippen LogP contribution in [-0.4, -0.2) is 16.1 Å². The SMILES string of the molecule is CC(C)C(N)C(O)c1cccnc1N. The molecular weight excluding hydrogens is 178 g/mol. The molecule has 78 valence electrons. The second-order valence-corrected chi connectivity index (χ2v) is 3.74. The zero-order valence-electron chi connectivity index (χ0n) is 8.51. The Morgan fingerprint density at radius 2 is 2.07 bits per heavy atom. The summed E-state index contributed by atoms with van der Waals surface area (Å²) in [4.78, 5) is 3.90. The highest BCUT2D eigenvalue weighted by atomic mass is 16.3. The van der Waals surface area contributed by atoms with Gasteiger partial charge in [-0.25, -0.2) is 4.98 Å². The van der Waals surface area contributed by atoms with E-state index in [4.69, 9.17) is 11.5 Å². The van der Waals surface area contributed by atoms with Crippen molar-refractivity contribution in [2.24, 2.45) is 11.7 Å². The van der Waals surface area contributed by atoms with Crippen LogP contribution in [0, 0.1) is 5.92 Å². The lowest BCUT2D eigenvalue weighted by Gasteiger charge is -2.22. The fourth-order valence-electron chi connectivity index (χ4n) is 1.25. The molecular formula is C10H17N3O. The highest BCUT2D eigenvalue weighted by molar-refractivity contribution is 5.40. The molecule has 0 aromatic carbocycles. The van der Waals surface area contributed by atoms with Gasteiger partial charge in [-0.2, -0.15) is 0 Å². The molecule has 2 unspecified atom stereocenters. The van der Waals surface area contributed by atoms with Gasteiger partial charge in [-0.3, -0.25) is 0 Å². The molecule has 4 nitrogen and oxygen atoms in total. The molecule has 1 aromatic rings. The molecule has 0 saturated carbocycles. The maximum atomic E-state index is 9.90. The molecule has 0 spiro atoms. The van der Waals surface area contributed by atoms with Gasteiger partial charge in [0, 0.05) is 17.8 Å². The molecule has 14 heavy (non-hydrogen) atoms. The largest absolute Gasteiger partial charge is 0.387 e. The molecule has 4 heteroatoms. The molecule has 0 aliphatic heterocycles. The quantitative estimate of drug-likeness (QED) is 0.662. The predicted molar refractivity (Wildman–Crippen MR) is 56.4 cm³/mol. The standard InChI is InChI=1S/C10H17N3O/c1-6(2)8(11)9(14)7-4-3-5-13-10(7)12/h3-6,8-9,14H,11H2,1-2H3,(H2,12,13). The zero-order chi connectivity index (χ0) is 10.7. The third-order valence-corrected chi connectivity index (χ3v) is 2.32. The van der Waals surface area contributed by atoms with Crippen molar-refractivity contribution >= 4 is 5.82 Å². The monoisotopic (exact) mass is 195 g/mol. The van der Waals surface area contributed by atoms with Crippen LogP contribution in [0.5, 0.6) is 0 Å². The highest BCUT2D eigenvalue weighted by Gasteiger charge is 2.21. The number of aromatic nitrogens is 1. The van der Waals surface area contributed by atoms with Crippen LogP contribution in [0.25, 0.3) is 0 Å². The fraction of sp³-hybridized carbons (Fsp3) is 0.500. The van der Waals surface area contributed by atoms with Gasteiger partial charge in [0.25, 0.3) is 0 Å². The van der Waals surface area contributed by atoms with Crippen LogP contribution < -0.4 is 11.5 Å². The fourth-order valence-corrected chi connectivity index (χ4v) is 1.25. The summed E-state index contributed by atoms with van der Waals surface area (Å²) in [5.41, 5.74) is 12.1. The second-order valence-electron chi connectivity index (χ2n) is 3.74. The van der Waals surface area contributed by atoms with Crippen molar-refractivity contribution in [3.8, 4) is 0 Å². The first-order valence-electron chi connectivity index (χ1n) is 4.68. The third-order valence-electron chi connectivity index (χ3n) is 2.32. The summed E-state index contributed by atoms with van der Waals surface area (Å²) in [5.74, 6) is 0.542. The van der Waals surface area contributed by atoms with Gasteiger partial charge in [0.05, 0.1) is 6.10 Å². The van der Waals surface area contributed by atoms with Crippen LogP contribution in [0.15, 0.2) is 18.3 Å². The average molecular weight is 195 g/mol. The summed E-state index contributed by atoms with van der Waals surface area (Å²) in [5, 5.41) is 9.90. The van der Waals surface area contributed by atoms with E-state index in [2.05, 4.69) is 4.98 Å². The minimum atomic E-state index is -0.747. The van der Waals surface area contributed by atoms with Crippen LogP contribution in [0.2, 0.25) is 0 Å². The van der Waals surface area contributed by atoms with Gasteiger partial charge in [0.15, 0.2) is 0 Å². The van der Waals surface area contributed by atoms with Crippen molar-refractivity contribution in [2.45, 2.75) is 26.0 Å². The van der Waals surface area contributed by atoms with Crippen LogP contribution in [-0.2, 0) is 0 Å². The van der Waals surface area contributed by atoms with Crippen molar-refractivity contribution < 1.29 is 5.11 Å². The summed E-state index contributed by atoms with van der Waals surface area (Å²) in [6, 6.07) is 3.17. The molecule has 0 bridgehead atoms. The maximum Gasteiger partial charge on any atom is 0.129 e. The van der Waals surface area contributed by atoms with E-state index in [0.29, 0.717) is 11.4 Å². The number of nitrogens with two attached hydrogens (primary N) is 2. The van der Waals surface area contributed by atoms with Gasteiger partial charge in [-0.1, -0.05) is 19.9 Å². The molecule has 0 fully saturated rings. The number of pyridine rings is 1. The number of rotatable bonds is 3. The first-order valence-corrected chi connectivity index (χ1v) is 4.68. The molecule has 0 amide bonds. The number of hydrogen-bond donors (Lipinski definition) is 3. The Labute approximate surface area is 83.9 Å². The molecule has 0 aliphatic carbocycles. The topological polar surface area (TPSA) is 85.2 Å². The van der Waals surface area contributed by atoms with Crippen LogP contribution in [0.1, 0.15) is 25.5 Å². The molecule has 0 radical (unpaired) electrons. The van der Waals surface area contributed by atoms with Gasteiger partial charge in [-0.15, -0.1) is 0 Å². The van der Waals surface area contributed by atoms with E-state index in [-0.39, 0.29) is 12.0 Å². The van der Waals surface area contributed by atoms with Crippen LogP contribution in [0.3, 0.4) is 0 Å². The van der Waals surface area contributed by atoms with E-state index in [9.17, 15) is 5.11 Å². The lowest BCUT2D eigenvalue weighted by atomic mass is 9.95. The van der Waals surface area contributed by atoms with Gasteiger partial charge in [0.1, 0.15) is 5.82 Å². The van der Waals surface area contributed by atoms with Crippen molar-refractivity contribution in [3.05, 3.63) is 23.9 Å². The van der Waals surface area contributed by atoms with Gasteiger partial charge >= 0.3 is 0 Å². The molecule has 1 heterocycles. The molecule has 0 aliphatic rings. The van der Waals surface area contributed by atoms with Crippen molar-refractivity contribution in [3.63, 3.8) is 0 Å². The van der Waals surface area contributed by atoms with Gasteiger partial charge < -0.3 is 16.6 Å². The minimum Gasteiger partial charge on any atom is -0.387 e. The lowest BCUT2D eigenvalue weighted by molar-refractivity contribution is 0.126. The van der Waals surface area contributed by atoms with Crippen molar-refractivity contribution in [1.29, 1.82) is 0 Å². The van der Waals surface area contributed by atoms with E-state index in [1.165, 1.54) is 0 Å². The number of anilines is 1. The first kappa shape index (κ1) is 10.9. The molecule has 0 saturated heterocycles. The molecule has 1 aromatic heterocycles. The Hall–Kier alpha value is -1.13. The molecule has 5 N–H and O–H groups in total. The first-order chi connectivity index (χ1) is 6.54. The van der Waals surface area contributed by atoms with E-state index >= 15 is 0 Å². The summed E-state index contributed by atoms with van der Waals surface area (Å²) >= 11 is 0. The summed E-state index contributed by atoms with van der Waals surface area (Å²) in [6.07, 6.45) is 0.843. The highest BCUT2D eigenvalue weighted by Crippen LogP contribution is 2.23. The Balaban J connectivity index is 2.89.